The molecule has 6 nitrogen and oxygen atoms in total. The van der Waals surface area contributed by atoms with Gasteiger partial charge in [-0.3, -0.25) is 9.69 Å². The van der Waals surface area contributed by atoms with Crippen molar-refractivity contribution >= 4 is 16.9 Å². The Kier molecular flexibility index (Phi) is 6.06. The van der Waals surface area contributed by atoms with E-state index in [1.54, 1.807) is 6.07 Å². The maximum absolute atomic E-state index is 14.2. The van der Waals surface area contributed by atoms with E-state index in [2.05, 4.69) is 56.0 Å². The highest BCUT2D eigenvalue weighted by Gasteiger charge is 2.41. The second-order valence-corrected chi connectivity index (χ2v) is 10.7. The van der Waals surface area contributed by atoms with Crippen LogP contribution in [0.5, 0.6) is 0 Å². The second-order valence-electron chi connectivity index (χ2n) is 10.7. The van der Waals surface area contributed by atoms with Crippen LogP contribution in [0.2, 0.25) is 0 Å². The van der Waals surface area contributed by atoms with Crippen molar-refractivity contribution in [2.45, 2.75) is 56.3 Å². The summed E-state index contributed by atoms with van der Waals surface area (Å²) >= 11 is 0. The molecule has 1 aromatic heterocycles. The van der Waals surface area contributed by atoms with E-state index < -0.39 is 0 Å². The Morgan fingerprint density at radius 3 is 2.51 bits per heavy atom. The van der Waals surface area contributed by atoms with Gasteiger partial charge in [0.15, 0.2) is 5.82 Å². The van der Waals surface area contributed by atoms with Crippen LogP contribution in [0.1, 0.15) is 49.8 Å². The summed E-state index contributed by atoms with van der Waals surface area (Å²) in [6.45, 7) is 2.67. The number of imidazole rings is 1. The minimum Gasteiger partial charge on any atom is -0.349 e. The van der Waals surface area contributed by atoms with E-state index in [-0.39, 0.29) is 23.7 Å². The quantitative estimate of drug-likeness (QED) is 0.558. The molecule has 3 aromatic rings. The fourth-order valence-corrected chi connectivity index (χ4v) is 6.59. The van der Waals surface area contributed by atoms with Crippen molar-refractivity contribution in [1.29, 1.82) is 0 Å². The van der Waals surface area contributed by atoms with E-state index in [1.165, 1.54) is 24.5 Å². The first kappa shape index (κ1) is 22.7. The highest BCUT2D eigenvalue weighted by atomic mass is 19.1. The Morgan fingerprint density at radius 1 is 1.06 bits per heavy atom. The third kappa shape index (κ3) is 4.36. The lowest BCUT2D eigenvalue weighted by atomic mass is 9.94. The summed E-state index contributed by atoms with van der Waals surface area (Å²) in [4.78, 5) is 22.1. The molecular formula is C28H34FN5O. The molecule has 3 saturated heterocycles. The normalized spacial score (nSPS) is 26.1. The van der Waals surface area contributed by atoms with Gasteiger partial charge >= 0.3 is 0 Å². The molecule has 3 aliphatic rings. The number of para-hydroxylation sites is 1. The molecule has 35 heavy (non-hydrogen) atoms. The Balaban J connectivity index is 1.13. The number of fused-ring (bicyclic) bond motifs is 3. The third-order valence-corrected chi connectivity index (χ3v) is 8.44. The Morgan fingerprint density at radius 2 is 1.80 bits per heavy atom. The number of hydrogen-bond acceptors (Lipinski definition) is 4. The largest absolute Gasteiger partial charge is 0.349 e. The standard InChI is InChI=1S/C28H34FN5O/c1-32-16-20(17-32)28(35)31-25(19-6-3-2-4-7-19)12-13-33-21-10-11-22(33)15-23(14-21)34-18-30-27-24(29)8-5-9-26(27)34/h2-9,18,20-23,25H,10-17H2,1H3,(H,31,35)/t21?,22?,23?,25-/m0/s1. The van der Waals surface area contributed by atoms with Crippen LogP contribution in [-0.4, -0.2) is 64.0 Å². The van der Waals surface area contributed by atoms with Crippen LogP contribution in [0.4, 0.5) is 4.39 Å². The zero-order valence-electron chi connectivity index (χ0n) is 20.3. The SMILES string of the molecule is CN1CC(C(=O)N[C@@H](CCN2C3CCC2CC(n2cnc4c(F)cccc42)C3)c2ccccc2)C1. The van der Waals surface area contributed by atoms with E-state index in [1.807, 2.05) is 18.5 Å². The van der Waals surface area contributed by atoms with Crippen molar-refractivity contribution in [3.63, 3.8) is 0 Å². The van der Waals surface area contributed by atoms with Crippen molar-refractivity contribution in [1.82, 2.24) is 24.7 Å². The second kappa shape index (κ2) is 9.36. The zero-order chi connectivity index (χ0) is 23.9. The molecule has 0 aliphatic carbocycles. The maximum atomic E-state index is 14.2. The predicted octanol–water partition coefficient (Wildman–Crippen LogP) is 4.15. The summed E-state index contributed by atoms with van der Waals surface area (Å²) in [5.41, 5.74) is 2.56. The highest BCUT2D eigenvalue weighted by molar-refractivity contribution is 5.80. The predicted molar refractivity (Wildman–Crippen MR) is 134 cm³/mol. The molecule has 0 radical (unpaired) electrons. The first-order valence-electron chi connectivity index (χ1n) is 13.0. The van der Waals surface area contributed by atoms with Gasteiger partial charge in [-0.15, -0.1) is 0 Å². The summed E-state index contributed by atoms with van der Waals surface area (Å²) < 4.78 is 16.4. The number of nitrogens with zero attached hydrogens (tertiary/aromatic N) is 4. The van der Waals surface area contributed by atoms with Gasteiger partial charge in [0.2, 0.25) is 5.91 Å². The average Bonchev–Trinajstić information content (AvgIpc) is 3.38. The molecule has 3 fully saturated rings. The average molecular weight is 476 g/mol. The van der Waals surface area contributed by atoms with E-state index >= 15 is 0 Å². The van der Waals surface area contributed by atoms with Crippen LogP contribution in [0, 0.1) is 11.7 Å². The molecule has 2 aromatic carbocycles. The molecular weight excluding hydrogens is 441 g/mol. The summed E-state index contributed by atoms with van der Waals surface area (Å²) in [6, 6.07) is 17.1. The topological polar surface area (TPSA) is 53.4 Å². The molecule has 1 N–H and O–H groups in total. The summed E-state index contributed by atoms with van der Waals surface area (Å²) in [5.74, 6) is 0.0371. The number of piperidine rings is 1. The number of likely N-dealkylation sites (tertiary alicyclic amines) is 1. The van der Waals surface area contributed by atoms with E-state index in [4.69, 9.17) is 0 Å². The summed E-state index contributed by atoms with van der Waals surface area (Å²) in [6.07, 6.45) is 7.28. The van der Waals surface area contributed by atoms with Crippen LogP contribution in [0.15, 0.2) is 54.9 Å². The molecule has 7 heteroatoms. The van der Waals surface area contributed by atoms with Gasteiger partial charge in [0.1, 0.15) is 5.52 Å². The van der Waals surface area contributed by atoms with Crippen molar-refractivity contribution in [2.75, 3.05) is 26.7 Å². The molecule has 2 bridgehead atoms. The first-order chi connectivity index (χ1) is 17.1. The molecule has 3 aliphatic heterocycles. The number of carbonyl (C=O) groups excluding carboxylic acids is 1. The summed E-state index contributed by atoms with van der Waals surface area (Å²) in [7, 11) is 2.06. The molecule has 1 amide bonds. The molecule has 2 unspecified atom stereocenters. The van der Waals surface area contributed by atoms with Crippen LogP contribution >= 0.6 is 0 Å². The number of halogens is 1. The number of carbonyl (C=O) groups is 1. The van der Waals surface area contributed by atoms with Crippen molar-refractivity contribution in [3.05, 3.63) is 66.2 Å². The van der Waals surface area contributed by atoms with Crippen LogP contribution in [0.3, 0.4) is 0 Å². The van der Waals surface area contributed by atoms with Gasteiger partial charge in [-0.1, -0.05) is 36.4 Å². The molecule has 4 heterocycles. The molecule has 3 atom stereocenters. The van der Waals surface area contributed by atoms with E-state index in [0.29, 0.717) is 23.6 Å². The number of nitrogens with one attached hydrogen (secondary N) is 1. The van der Waals surface area contributed by atoms with Gasteiger partial charge < -0.3 is 14.8 Å². The zero-order valence-corrected chi connectivity index (χ0v) is 20.3. The lowest BCUT2D eigenvalue weighted by Crippen LogP contribution is -2.52. The molecule has 184 valence electrons. The van der Waals surface area contributed by atoms with Gasteiger partial charge in [0.05, 0.1) is 23.8 Å². The Hall–Kier alpha value is -2.77. The van der Waals surface area contributed by atoms with Crippen molar-refractivity contribution in [2.24, 2.45) is 5.92 Å². The maximum Gasteiger partial charge on any atom is 0.226 e. The Bertz CT molecular complexity index is 1180. The van der Waals surface area contributed by atoms with E-state index in [9.17, 15) is 9.18 Å². The first-order valence-corrected chi connectivity index (χ1v) is 13.0. The molecule has 6 rings (SSSR count). The van der Waals surface area contributed by atoms with Gasteiger partial charge in [0, 0.05) is 37.8 Å². The summed E-state index contributed by atoms with van der Waals surface area (Å²) in [5, 5.41) is 3.36. The Labute approximate surface area is 206 Å². The van der Waals surface area contributed by atoms with Crippen molar-refractivity contribution in [3.8, 4) is 0 Å². The number of hydrogen-bond donors (Lipinski definition) is 1. The minimum atomic E-state index is -0.246. The van der Waals surface area contributed by atoms with Crippen molar-refractivity contribution < 1.29 is 9.18 Å². The number of amides is 1. The van der Waals surface area contributed by atoms with Crippen LogP contribution in [0.25, 0.3) is 11.0 Å². The smallest absolute Gasteiger partial charge is 0.226 e. The number of aromatic nitrogens is 2. The number of rotatable bonds is 7. The van der Waals surface area contributed by atoms with Crippen LogP contribution in [-0.2, 0) is 4.79 Å². The molecule has 0 spiro atoms. The molecule has 0 saturated carbocycles. The highest BCUT2D eigenvalue weighted by Crippen LogP contribution is 2.42. The lowest BCUT2D eigenvalue weighted by Gasteiger charge is -2.40. The third-order valence-electron chi connectivity index (χ3n) is 8.44. The lowest BCUT2D eigenvalue weighted by molar-refractivity contribution is -0.130. The fourth-order valence-electron chi connectivity index (χ4n) is 6.59. The number of benzene rings is 2. The van der Waals surface area contributed by atoms with Gasteiger partial charge in [-0.25, -0.2) is 9.37 Å². The van der Waals surface area contributed by atoms with Gasteiger partial charge in [0.25, 0.3) is 0 Å². The monoisotopic (exact) mass is 475 g/mol. The van der Waals surface area contributed by atoms with Crippen LogP contribution < -0.4 is 5.32 Å². The minimum absolute atomic E-state index is 0.0345. The van der Waals surface area contributed by atoms with Gasteiger partial charge in [-0.05, 0) is 56.8 Å². The fraction of sp³-hybridized carbons (Fsp3) is 0.500. The van der Waals surface area contributed by atoms with Gasteiger partial charge in [-0.2, -0.15) is 0 Å². The van der Waals surface area contributed by atoms with E-state index in [0.717, 1.165) is 44.4 Å².